The second-order valence-electron chi connectivity index (χ2n) is 5.32. The summed E-state index contributed by atoms with van der Waals surface area (Å²) in [7, 11) is 1.51. The van der Waals surface area contributed by atoms with Gasteiger partial charge in [0.1, 0.15) is 5.69 Å². The second kappa shape index (κ2) is 7.08. The summed E-state index contributed by atoms with van der Waals surface area (Å²) in [4.78, 5) is 16.7. The van der Waals surface area contributed by atoms with Crippen LogP contribution in [0.2, 0.25) is 5.02 Å². The number of aromatic nitrogens is 3. The lowest BCUT2D eigenvalue weighted by Gasteiger charge is -2.33. The molecule has 0 aliphatic carbocycles. The summed E-state index contributed by atoms with van der Waals surface area (Å²) in [5.74, 6) is 0. The van der Waals surface area contributed by atoms with Crippen molar-refractivity contribution in [2.24, 2.45) is 0 Å². The van der Waals surface area contributed by atoms with Crippen LogP contribution < -0.4 is 10.6 Å². The van der Waals surface area contributed by atoms with Crippen LogP contribution in [0.3, 0.4) is 0 Å². The van der Waals surface area contributed by atoms with Gasteiger partial charge in [0.05, 0.1) is 6.20 Å². The predicted molar refractivity (Wildman–Crippen MR) is 94.4 cm³/mol. The van der Waals surface area contributed by atoms with Crippen molar-refractivity contribution in [3.8, 4) is 0 Å². The number of hydrogen-bond donors (Lipinski definition) is 2. The van der Waals surface area contributed by atoms with Gasteiger partial charge in [-0.3, -0.25) is 0 Å². The average Bonchev–Trinajstić information content (AvgIpc) is 3.04. The van der Waals surface area contributed by atoms with Crippen molar-refractivity contribution in [1.29, 1.82) is 0 Å². The van der Waals surface area contributed by atoms with Crippen LogP contribution in [-0.2, 0) is 10.5 Å². The predicted octanol–water partition coefficient (Wildman–Crippen LogP) is 2.55. The zero-order chi connectivity index (χ0) is 17.9. The SMILES string of the molecule is CCNC(=O)NC(OC)(c1cccc(Cl)c1)c1cnc2cccnn12. The Bertz CT molecular complexity index is 897. The zero-order valence-corrected chi connectivity index (χ0v) is 14.6. The first-order valence-corrected chi connectivity index (χ1v) is 8.15. The minimum atomic E-state index is -1.31. The van der Waals surface area contributed by atoms with E-state index in [0.29, 0.717) is 28.5 Å². The van der Waals surface area contributed by atoms with Crippen molar-refractivity contribution < 1.29 is 9.53 Å². The van der Waals surface area contributed by atoms with Gasteiger partial charge in [-0.25, -0.2) is 14.3 Å². The molecule has 0 aliphatic rings. The highest BCUT2D eigenvalue weighted by atomic mass is 35.5. The number of nitrogens with one attached hydrogen (secondary N) is 2. The number of methoxy groups -OCH3 is 1. The van der Waals surface area contributed by atoms with Gasteiger partial charge in [-0.1, -0.05) is 23.7 Å². The molecule has 2 heterocycles. The molecule has 0 bridgehead atoms. The molecular weight excluding hydrogens is 342 g/mol. The molecule has 0 spiro atoms. The number of amides is 2. The number of carbonyl (C=O) groups excluding carboxylic acids is 1. The lowest BCUT2D eigenvalue weighted by Crippen LogP contribution is -2.52. The lowest BCUT2D eigenvalue weighted by atomic mass is 9.99. The van der Waals surface area contributed by atoms with Crippen LogP contribution in [0.4, 0.5) is 4.79 Å². The average molecular weight is 360 g/mol. The van der Waals surface area contributed by atoms with E-state index in [2.05, 4.69) is 20.7 Å². The summed E-state index contributed by atoms with van der Waals surface area (Å²) >= 11 is 6.16. The van der Waals surface area contributed by atoms with Gasteiger partial charge in [-0.15, -0.1) is 0 Å². The molecule has 3 aromatic rings. The van der Waals surface area contributed by atoms with E-state index in [-0.39, 0.29) is 6.03 Å². The third-order valence-electron chi connectivity index (χ3n) is 3.80. The summed E-state index contributed by atoms with van der Waals surface area (Å²) in [6.07, 6.45) is 3.27. The smallest absolute Gasteiger partial charge is 0.317 e. The summed E-state index contributed by atoms with van der Waals surface area (Å²) in [5, 5.41) is 10.5. The van der Waals surface area contributed by atoms with Gasteiger partial charge in [0.25, 0.3) is 0 Å². The molecule has 2 amide bonds. The molecule has 0 aliphatic heterocycles. The van der Waals surface area contributed by atoms with Gasteiger partial charge < -0.3 is 15.4 Å². The quantitative estimate of drug-likeness (QED) is 0.686. The van der Waals surface area contributed by atoms with E-state index in [4.69, 9.17) is 16.3 Å². The topological polar surface area (TPSA) is 80.5 Å². The van der Waals surface area contributed by atoms with Crippen LogP contribution in [0.5, 0.6) is 0 Å². The molecular formula is C17H18ClN5O2. The fourth-order valence-electron chi connectivity index (χ4n) is 2.70. The highest BCUT2D eigenvalue weighted by Gasteiger charge is 2.40. The number of fused-ring (bicyclic) bond motifs is 1. The van der Waals surface area contributed by atoms with Crippen molar-refractivity contribution in [3.05, 3.63) is 65.1 Å². The Hall–Kier alpha value is -2.64. The number of hydrogen-bond acceptors (Lipinski definition) is 4. The minimum absolute atomic E-state index is 0.379. The van der Waals surface area contributed by atoms with Crippen LogP contribution in [0.15, 0.2) is 48.8 Å². The molecule has 25 heavy (non-hydrogen) atoms. The summed E-state index contributed by atoms with van der Waals surface area (Å²) < 4.78 is 7.44. The third kappa shape index (κ3) is 3.16. The Morgan fingerprint density at radius 1 is 1.36 bits per heavy atom. The fraction of sp³-hybridized carbons (Fsp3) is 0.235. The Kier molecular flexibility index (Phi) is 4.87. The number of rotatable bonds is 5. The van der Waals surface area contributed by atoms with Crippen molar-refractivity contribution in [3.63, 3.8) is 0 Å². The van der Waals surface area contributed by atoms with Crippen LogP contribution in [0.25, 0.3) is 5.65 Å². The Morgan fingerprint density at radius 3 is 2.92 bits per heavy atom. The summed E-state index contributed by atoms with van der Waals surface area (Å²) in [6, 6.07) is 10.3. The maximum atomic E-state index is 12.3. The van der Waals surface area contributed by atoms with Crippen LogP contribution >= 0.6 is 11.6 Å². The fourth-order valence-corrected chi connectivity index (χ4v) is 2.89. The first kappa shape index (κ1) is 17.2. The first-order chi connectivity index (χ1) is 12.1. The molecule has 1 unspecified atom stereocenters. The molecule has 0 saturated heterocycles. The van der Waals surface area contributed by atoms with Gasteiger partial charge in [0.2, 0.25) is 5.72 Å². The summed E-state index contributed by atoms with van der Waals surface area (Å²) in [6.45, 7) is 2.32. The molecule has 2 aromatic heterocycles. The second-order valence-corrected chi connectivity index (χ2v) is 5.75. The van der Waals surface area contributed by atoms with E-state index in [1.807, 2.05) is 19.1 Å². The Balaban J connectivity index is 2.22. The molecule has 0 saturated carbocycles. The minimum Gasteiger partial charge on any atom is -0.349 e. The van der Waals surface area contributed by atoms with Crippen molar-refractivity contribution >= 4 is 23.3 Å². The number of nitrogens with zero attached hydrogens (tertiary/aromatic N) is 3. The lowest BCUT2D eigenvalue weighted by molar-refractivity contribution is -0.00313. The van der Waals surface area contributed by atoms with E-state index < -0.39 is 5.72 Å². The number of imidazole rings is 1. The molecule has 130 valence electrons. The van der Waals surface area contributed by atoms with E-state index >= 15 is 0 Å². The molecule has 1 aromatic carbocycles. The maximum Gasteiger partial charge on any atom is 0.317 e. The Labute approximate surface area is 150 Å². The largest absolute Gasteiger partial charge is 0.349 e. The molecule has 2 N–H and O–H groups in total. The van der Waals surface area contributed by atoms with E-state index in [0.717, 1.165) is 0 Å². The molecule has 8 heteroatoms. The molecule has 3 rings (SSSR count). The number of carbonyl (C=O) groups is 1. The number of halogens is 1. The Morgan fingerprint density at radius 2 is 2.20 bits per heavy atom. The molecule has 1 atom stereocenters. The van der Waals surface area contributed by atoms with Gasteiger partial charge in [-0.05, 0) is 31.2 Å². The van der Waals surface area contributed by atoms with Gasteiger partial charge in [0.15, 0.2) is 5.65 Å². The zero-order valence-electron chi connectivity index (χ0n) is 13.9. The van der Waals surface area contributed by atoms with Crippen LogP contribution in [0.1, 0.15) is 18.2 Å². The van der Waals surface area contributed by atoms with Crippen LogP contribution in [0, 0.1) is 0 Å². The van der Waals surface area contributed by atoms with Crippen molar-refractivity contribution in [2.75, 3.05) is 13.7 Å². The number of urea groups is 1. The normalized spacial score (nSPS) is 13.4. The standard InChI is InChI=1S/C17H18ClN5O2/c1-3-19-16(24)22-17(25-2,12-6-4-7-13(18)10-12)14-11-20-15-8-5-9-21-23(14)15/h4-11H,3H2,1-2H3,(H2,19,22,24). The highest BCUT2D eigenvalue weighted by Crippen LogP contribution is 2.32. The molecule has 0 radical (unpaired) electrons. The molecule has 0 fully saturated rings. The maximum absolute atomic E-state index is 12.3. The monoisotopic (exact) mass is 359 g/mol. The molecule has 7 nitrogen and oxygen atoms in total. The highest BCUT2D eigenvalue weighted by molar-refractivity contribution is 6.30. The van der Waals surface area contributed by atoms with Gasteiger partial charge >= 0.3 is 6.03 Å². The van der Waals surface area contributed by atoms with Gasteiger partial charge in [-0.2, -0.15) is 5.10 Å². The van der Waals surface area contributed by atoms with Gasteiger partial charge in [0, 0.05) is 30.4 Å². The van der Waals surface area contributed by atoms with Crippen LogP contribution in [-0.4, -0.2) is 34.3 Å². The number of ether oxygens (including phenoxy) is 1. The van der Waals surface area contributed by atoms with E-state index in [1.54, 1.807) is 41.2 Å². The summed E-state index contributed by atoms with van der Waals surface area (Å²) in [5.41, 5.74) is 0.539. The van der Waals surface area contributed by atoms with E-state index in [1.165, 1.54) is 7.11 Å². The first-order valence-electron chi connectivity index (χ1n) is 7.77. The number of benzene rings is 1. The van der Waals surface area contributed by atoms with E-state index in [9.17, 15) is 4.79 Å². The van der Waals surface area contributed by atoms with Crippen molar-refractivity contribution in [1.82, 2.24) is 25.2 Å². The van der Waals surface area contributed by atoms with Crippen molar-refractivity contribution in [2.45, 2.75) is 12.6 Å². The third-order valence-corrected chi connectivity index (χ3v) is 4.04.